The monoisotopic (exact) mass is 259 g/mol. The van der Waals surface area contributed by atoms with Gasteiger partial charge in [-0.1, -0.05) is 30.3 Å². The van der Waals surface area contributed by atoms with Crippen molar-refractivity contribution < 1.29 is 14.3 Å². The van der Waals surface area contributed by atoms with Gasteiger partial charge in [-0.2, -0.15) is 0 Å². The summed E-state index contributed by atoms with van der Waals surface area (Å²) in [6, 6.07) is 9.66. The van der Waals surface area contributed by atoms with Crippen molar-refractivity contribution in [2.24, 2.45) is 0 Å². The fourth-order valence-electron chi connectivity index (χ4n) is 1.36. The van der Waals surface area contributed by atoms with Crippen LogP contribution in [0.4, 0.5) is 10.5 Å². The minimum absolute atomic E-state index is 0.212. The Morgan fingerprint density at radius 1 is 1.21 bits per heavy atom. The lowest BCUT2D eigenvalue weighted by Crippen LogP contribution is -2.13. The molecule has 0 aliphatic carbocycles. The van der Waals surface area contributed by atoms with Crippen molar-refractivity contribution in [3.63, 3.8) is 0 Å². The van der Waals surface area contributed by atoms with E-state index in [4.69, 9.17) is 9.47 Å². The van der Waals surface area contributed by atoms with E-state index in [0.29, 0.717) is 5.69 Å². The molecule has 98 valence electrons. The largest absolute Gasteiger partial charge is 0.467 e. The van der Waals surface area contributed by atoms with Gasteiger partial charge in [0.25, 0.3) is 0 Å². The van der Waals surface area contributed by atoms with E-state index in [1.807, 2.05) is 30.3 Å². The summed E-state index contributed by atoms with van der Waals surface area (Å²) in [6.45, 7) is 0.212. The van der Waals surface area contributed by atoms with Crippen LogP contribution in [0.3, 0.4) is 0 Å². The molecule has 0 unspecified atom stereocenters. The lowest BCUT2D eigenvalue weighted by atomic mass is 10.2. The summed E-state index contributed by atoms with van der Waals surface area (Å²) in [5.74, 6) is 0. The average molecular weight is 259 g/mol. The van der Waals surface area contributed by atoms with Crippen LogP contribution >= 0.6 is 0 Å². The first-order chi connectivity index (χ1) is 9.28. The van der Waals surface area contributed by atoms with Crippen molar-refractivity contribution in [2.45, 2.75) is 6.61 Å². The van der Waals surface area contributed by atoms with Crippen LogP contribution in [0.5, 0.6) is 6.01 Å². The van der Waals surface area contributed by atoms with E-state index in [2.05, 4.69) is 15.3 Å². The van der Waals surface area contributed by atoms with Gasteiger partial charge in [0.15, 0.2) is 0 Å². The predicted octanol–water partition coefficient (Wildman–Crippen LogP) is 2.23. The summed E-state index contributed by atoms with van der Waals surface area (Å²) in [6.07, 6.45) is 2.32. The first-order valence-electron chi connectivity index (χ1n) is 5.61. The fourth-order valence-corrected chi connectivity index (χ4v) is 1.36. The Morgan fingerprint density at radius 2 is 1.89 bits per heavy atom. The van der Waals surface area contributed by atoms with Gasteiger partial charge in [0.2, 0.25) is 0 Å². The van der Waals surface area contributed by atoms with E-state index in [1.165, 1.54) is 19.5 Å². The van der Waals surface area contributed by atoms with Crippen LogP contribution < -0.4 is 10.1 Å². The summed E-state index contributed by atoms with van der Waals surface area (Å²) in [4.78, 5) is 19.2. The molecule has 0 radical (unpaired) electrons. The van der Waals surface area contributed by atoms with Gasteiger partial charge in [-0.25, -0.2) is 14.8 Å². The van der Waals surface area contributed by atoms with Gasteiger partial charge >= 0.3 is 12.1 Å². The summed E-state index contributed by atoms with van der Waals surface area (Å²) in [5, 5.41) is 2.52. The second-order valence-corrected chi connectivity index (χ2v) is 3.65. The van der Waals surface area contributed by atoms with Crippen LogP contribution in [0.25, 0.3) is 0 Å². The number of anilines is 1. The summed E-state index contributed by atoms with van der Waals surface area (Å²) in [5.41, 5.74) is 1.36. The lowest BCUT2D eigenvalue weighted by molar-refractivity contribution is 0.155. The van der Waals surface area contributed by atoms with Gasteiger partial charge in [0.05, 0.1) is 25.2 Å². The molecule has 1 amide bonds. The van der Waals surface area contributed by atoms with Crippen molar-refractivity contribution in [3.05, 3.63) is 48.3 Å². The molecule has 0 fully saturated rings. The van der Waals surface area contributed by atoms with Gasteiger partial charge in [-0.05, 0) is 5.56 Å². The van der Waals surface area contributed by atoms with Gasteiger partial charge in [0, 0.05) is 0 Å². The number of amides is 1. The molecule has 6 heteroatoms. The molecule has 2 rings (SSSR count). The standard InChI is InChI=1S/C13H13N3O3/c1-18-12-14-7-11(8-15-12)16-13(17)19-9-10-5-3-2-4-6-10/h2-8H,9H2,1H3,(H,16,17). The number of carbonyl (C=O) groups excluding carboxylic acids is 1. The van der Waals surface area contributed by atoms with Crippen molar-refractivity contribution >= 4 is 11.8 Å². The van der Waals surface area contributed by atoms with Crippen molar-refractivity contribution in [1.82, 2.24) is 9.97 Å². The highest BCUT2D eigenvalue weighted by Gasteiger charge is 2.04. The van der Waals surface area contributed by atoms with E-state index in [9.17, 15) is 4.79 Å². The maximum Gasteiger partial charge on any atom is 0.412 e. The summed E-state index contributed by atoms with van der Waals surface area (Å²) >= 11 is 0. The quantitative estimate of drug-likeness (QED) is 0.911. The number of methoxy groups -OCH3 is 1. The average Bonchev–Trinajstić information content (AvgIpc) is 2.47. The number of hydrogen-bond acceptors (Lipinski definition) is 5. The summed E-state index contributed by atoms with van der Waals surface area (Å²) in [7, 11) is 1.47. The Hall–Kier alpha value is -2.63. The van der Waals surface area contributed by atoms with Gasteiger partial charge in [-0.15, -0.1) is 0 Å². The molecule has 0 saturated carbocycles. The molecule has 1 N–H and O–H groups in total. The zero-order valence-corrected chi connectivity index (χ0v) is 10.4. The van der Waals surface area contributed by atoms with Crippen LogP contribution in [0.15, 0.2) is 42.7 Å². The minimum Gasteiger partial charge on any atom is -0.467 e. The molecule has 1 aromatic carbocycles. The second kappa shape index (κ2) is 6.34. The molecule has 1 heterocycles. The van der Waals surface area contributed by atoms with Gasteiger partial charge in [0.1, 0.15) is 6.61 Å². The van der Waals surface area contributed by atoms with Crippen molar-refractivity contribution in [2.75, 3.05) is 12.4 Å². The van der Waals surface area contributed by atoms with Crippen LogP contribution in [-0.2, 0) is 11.3 Å². The van der Waals surface area contributed by atoms with Crippen LogP contribution in [-0.4, -0.2) is 23.2 Å². The zero-order valence-electron chi connectivity index (χ0n) is 10.4. The normalized spacial score (nSPS) is 9.74. The van der Waals surface area contributed by atoms with E-state index >= 15 is 0 Å². The Labute approximate surface area is 110 Å². The maximum absolute atomic E-state index is 11.5. The highest BCUT2D eigenvalue weighted by molar-refractivity contribution is 5.84. The first-order valence-corrected chi connectivity index (χ1v) is 5.61. The highest BCUT2D eigenvalue weighted by Crippen LogP contribution is 2.08. The van der Waals surface area contributed by atoms with Crippen LogP contribution in [0, 0.1) is 0 Å². The van der Waals surface area contributed by atoms with Crippen LogP contribution in [0.1, 0.15) is 5.56 Å². The zero-order chi connectivity index (χ0) is 13.5. The second-order valence-electron chi connectivity index (χ2n) is 3.65. The molecular weight excluding hydrogens is 246 g/mol. The molecule has 1 aromatic heterocycles. The fraction of sp³-hybridized carbons (Fsp3) is 0.154. The molecule has 0 bridgehead atoms. The highest BCUT2D eigenvalue weighted by atomic mass is 16.5. The van der Waals surface area contributed by atoms with E-state index in [0.717, 1.165) is 5.56 Å². The molecular formula is C13H13N3O3. The molecule has 0 saturated heterocycles. The van der Waals surface area contributed by atoms with Gasteiger partial charge in [-0.3, -0.25) is 5.32 Å². The van der Waals surface area contributed by atoms with E-state index in [1.54, 1.807) is 0 Å². The minimum atomic E-state index is -0.558. The number of nitrogens with zero attached hydrogens (tertiary/aromatic N) is 2. The smallest absolute Gasteiger partial charge is 0.412 e. The topological polar surface area (TPSA) is 73.3 Å². The lowest BCUT2D eigenvalue weighted by Gasteiger charge is -2.06. The number of carbonyl (C=O) groups is 1. The number of ether oxygens (including phenoxy) is 2. The molecule has 0 aliphatic heterocycles. The number of aromatic nitrogens is 2. The Balaban J connectivity index is 1.83. The van der Waals surface area contributed by atoms with Gasteiger partial charge < -0.3 is 9.47 Å². The third-order valence-electron chi connectivity index (χ3n) is 2.27. The van der Waals surface area contributed by atoms with Crippen molar-refractivity contribution in [1.29, 1.82) is 0 Å². The Morgan fingerprint density at radius 3 is 2.53 bits per heavy atom. The van der Waals surface area contributed by atoms with Crippen molar-refractivity contribution in [3.8, 4) is 6.01 Å². The SMILES string of the molecule is COc1ncc(NC(=O)OCc2ccccc2)cn1. The molecule has 2 aromatic rings. The number of hydrogen-bond donors (Lipinski definition) is 1. The molecule has 0 spiro atoms. The molecule has 6 nitrogen and oxygen atoms in total. The number of rotatable bonds is 4. The van der Waals surface area contributed by atoms with E-state index in [-0.39, 0.29) is 12.6 Å². The first kappa shape index (κ1) is 12.8. The third-order valence-corrected chi connectivity index (χ3v) is 2.27. The Kier molecular flexibility index (Phi) is 4.28. The number of benzene rings is 1. The van der Waals surface area contributed by atoms with Crippen LogP contribution in [0.2, 0.25) is 0 Å². The Bertz CT molecular complexity index is 529. The molecule has 19 heavy (non-hydrogen) atoms. The maximum atomic E-state index is 11.5. The summed E-state index contributed by atoms with van der Waals surface area (Å²) < 4.78 is 9.87. The third kappa shape index (κ3) is 3.95. The predicted molar refractivity (Wildman–Crippen MR) is 68.8 cm³/mol. The van der Waals surface area contributed by atoms with E-state index < -0.39 is 6.09 Å². The molecule has 0 atom stereocenters. The number of nitrogens with one attached hydrogen (secondary N) is 1. The molecule has 0 aliphatic rings.